The van der Waals surface area contributed by atoms with Crippen LogP contribution < -0.4 is 5.48 Å². The van der Waals surface area contributed by atoms with E-state index in [1.807, 2.05) is 102 Å². The first-order valence-corrected chi connectivity index (χ1v) is 13.0. The average Bonchev–Trinajstić information content (AvgIpc) is 2.96. The molecule has 0 aromatic heterocycles. The normalized spacial score (nSPS) is 17.3. The van der Waals surface area contributed by atoms with Gasteiger partial charge in [0.05, 0.1) is 18.6 Å². The lowest BCUT2D eigenvalue weighted by atomic mass is 9.68. The third-order valence-electron chi connectivity index (χ3n) is 7.34. The zero-order valence-electron chi connectivity index (χ0n) is 21.0. The lowest BCUT2D eigenvalue weighted by Gasteiger charge is -2.43. The fourth-order valence-electron chi connectivity index (χ4n) is 5.35. The molecule has 0 radical (unpaired) electrons. The molecule has 0 bridgehead atoms. The van der Waals surface area contributed by atoms with Crippen molar-refractivity contribution in [1.82, 2.24) is 15.3 Å². The maximum absolute atomic E-state index is 14.1. The molecule has 2 aliphatic rings. The molecule has 1 N–H and O–H groups in total. The van der Waals surface area contributed by atoms with Crippen LogP contribution in [0.4, 0.5) is 0 Å². The Morgan fingerprint density at radius 2 is 1.49 bits per heavy atom. The summed E-state index contributed by atoms with van der Waals surface area (Å²) in [6.45, 7) is 2.26. The molecule has 2 aliphatic heterocycles. The maximum atomic E-state index is 14.1. The molecule has 1 saturated heterocycles. The van der Waals surface area contributed by atoms with Crippen LogP contribution in [0.3, 0.4) is 0 Å². The molecule has 5 rings (SSSR count). The molecule has 0 aliphatic carbocycles. The third kappa shape index (κ3) is 5.44. The highest BCUT2D eigenvalue weighted by Gasteiger charge is 2.47. The minimum absolute atomic E-state index is 0.00807. The van der Waals surface area contributed by atoms with Crippen LogP contribution in [0.1, 0.15) is 36.0 Å². The van der Waals surface area contributed by atoms with Crippen molar-refractivity contribution in [3.63, 3.8) is 0 Å². The van der Waals surface area contributed by atoms with Crippen LogP contribution in [0.2, 0.25) is 0 Å². The minimum Gasteiger partial charge on any atom is -0.337 e. The molecule has 2 amide bonds. The van der Waals surface area contributed by atoms with E-state index >= 15 is 0 Å². The summed E-state index contributed by atoms with van der Waals surface area (Å²) in [5.41, 5.74) is 6.29. The van der Waals surface area contributed by atoms with Crippen LogP contribution in [0, 0.1) is 0 Å². The van der Waals surface area contributed by atoms with Gasteiger partial charge in [-0.25, -0.2) is 0 Å². The highest BCUT2D eigenvalue weighted by molar-refractivity contribution is 5.95. The van der Waals surface area contributed by atoms with Crippen molar-refractivity contribution in [2.24, 2.45) is 0 Å². The molecule has 6 heteroatoms. The number of hydroxylamine groups is 1. The molecule has 0 saturated carbocycles. The van der Waals surface area contributed by atoms with Crippen LogP contribution in [0.5, 0.6) is 0 Å². The summed E-state index contributed by atoms with van der Waals surface area (Å²) >= 11 is 0. The number of rotatable bonds is 8. The van der Waals surface area contributed by atoms with E-state index in [1.54, 1.807) is 4.90 Å². The van der Waals surface area contributed by atoms with Crippen molar-refractivity contribution in [3.05, 3.63) is 119 Å². The number of piperidine rings is 1. The molecule has 37 heavy (non-hydrogen) atoms. The third-order valence-corrected chi connectivity index (χ3v) is 7.34. The van der Waals surface area contributed by atoms with E-state index in [0.29, 0.717) is 32.7 Å². The summed E-state index contributed by atoms with van der Waals surface area (Å²) in [6.07, 6.45) is 4.25. The van der Waals surface area contributed by atoms with E-state index in [1.165, 1.54) is 0 Å². The average molecular weight is 496 g/mol. The molecule has 0 atom stereocenters. The summed E-state index contributed by atoms with van der Waals surface area (Å²) in [5.74, 6) is -0.0144. The van der Waals surface area contributed by atoms with Gasteiger partial charge < -0.3 is 9.80 Å². The van der Waals surface area contributed by atoms with Gasteiger partial charge in [0, 0.05) is 31.8 Å². The maximum Gasteiger partial charge on any atom is 0.242 e. The van der Waals surface area contributed by atoms with Gasteiger partial charge in [-0.2, -0.15) is 0 Å². The standard InChI is InChI=1S/C31H33N3O3/c35-29(33-21-17-28(18-22-33)32-37-24-25-11-4-1-5-12-25)23-34-20-10-19-31(30(34)36,26-13-6-2-7-14-26)27-15-8-3-9-16-27/h1-9,11-17,32H,10,18-24H2. The second kappa shape index (κ2) is 11.4. The first-order chi connectivity index (χ1) is 18.2. The first kappa shape index (κ1) is 24.8. The molecule has 3 aromatic rings. The molecule has 0 spiro atoms. The Kier molecular flexibility index (Phi) is 7.66. The Balaban J connectivity index is 1.23. The van der Waals surface area contributed by atoms with E-state index in [2.05, 4.69) is 5.48 Å². The van der Waals surface area contributed by atoms with Gasteiger partial charge in [0.25, 0.3) is 0 Å². The highest BCUT2D eigenvalue weighted by atomic mass is 16.6. The monoisotopic (exact) mass is 495 g/mol. The largest absolute Gasteiger partial charge is 0.337 e. The van der Waals surface area contributed by atoms with Crippen LogP contribution in [0.25, 0.3) is 0 Å². The van der Waals surface area contributed by atoms with Gasteiger partial charge in [-0.3, -0.25) is 19.9 Å². The summed E-state index contributed by atoms with van der Waals surface area (Å²) < 4.78 is 0. The summed E-state index contributed by atoms with van der Waals surface area (Å²) in [5, 5.41) is 0. The number of hydrogen-bond donors (Lipinski definition) is 1. The van der Waals surface area contributed by atoms with Crippen molar-refractivity contribution in [2.45, 2.75) is 31.3 Å². The number of benzene rings is 3. The van der Waals surface area contributed by atoms with Gasteiger partial charge in [-0.05, 0) is 35.6 Å². The van der Waals surface area contributed by atoms with E-state index < -0.39 is 5.41 Å². The van der Waals surface area contributed by atoms with Crippen molar-refractivity contribution in [3.8, 4) is 0 Å². The van der Waals surface area contributed by atoms with E-state index in [-0.39, 0.29) is 18.4 Å². The number of hydrogen-bond acceptors (Lipinski definition) is 4. The van der Waals surface area contributed by atoms with Crippen LogP contribution in [-0.2, 0) is 26.4 Å². The SMILES string of the molecule is O=C(CN1CCCC(c2ccccc2)(c2ccccc2)C1=O)N1CC=C(NOCc2ccccc2)CC1. The molecular formula is C31H33N3O3. The second-order valence-electron chi connectivity index (χ2n) is 9.66. The Hall–Kier alpha value is -3.90. The Morgan fingerprint density at radius 1 is 0.865 bits per heavy atom. The van der Waals surface area contributed by atoms with Crippen molar-refractivity contribution >= 4 is 11.8 Å². The molecule has 6 nitrogen and oxygen atoms in total. The van der Waals surface area contributed by atoms with E-state index in [9.17, 15) is 9.59 Å². The molecular weight excluding hydrogens is 462 g/mol. The van der Waals surface area contributed by atoms with Crippen molar-refractivity contribution < 1.29 is 14.4 Å². The Morgan fingerprint density at radius 3 is 2.08 bits per heavy atom. The second-order valence-corrected chi connectivity index (χ2v) is 9.66. The van der Waals surface area contributed by atoms with E-state index in [4.69, 9.17) is 4.84 Å². The van der Waals surface area contributed by atoms with Crippen molar-refractivity contribution in [1.29, 1.82) is 0 Å². The quantitative estimate of drug-likeness (QED) is 0.470. The number of nitrogens with one attached hydrogen (secondary N) is 1. The lowest BCUT2D eigenvalue weighted by molar-refractivity contribution is -0.145. The zero-order chi connectivity index (χ0) is 25.5. The number of carbonyl (C=O) groups is 2. The smallest absolute Gasteiger partial charge is 0.242 e. The van der Waals surface area contributed by atoms with Crippen molar-refractivity contribution in [2.75, 3.05) is 26.2 Å². The number of amides is 2. The van der Waals surface area contributed by atoms with Crippen LogP contribution in [0.15, 0.2) is 103 Å². The fourth-order valence-corrected chi connectivity index (χ4v) is 5.35. The predicted molar refractivity (Wildman–Crippen MR) is 143 cm³/mol. The van der Waals surface area contributed by atoms with Gasteiger partial charge in [-0.1, -0.05) is 91.0 Å². The molecule has 1 fully saturated rings. The van der Waals surface area contributed by atoms with E-state index in [0.717, 1.165) is 35.2 Å². The fraction of sp³-hybridized carbons (Fsp3) is 0.290. The Labute approximate surface area is 218 Å². The van der Waals surface area contributed by atoms with Gasteiger partial charge in [-0.15, -0.1) is 0 Å². The first-order valence-electron chi connectivity index (χ1n) is 13.0. The number of nitrogens with zero attached hydrogens (tertiary/aromatic N) is 2. The number of carbonyl (C=O) groups excluding carboxylic acids is 2. The zero-order valence-corrected chi connectivity index (χ0v) is 21.0. The van der Waals surface area contributed by atoms with Gasteiger partial charge in [0.2, 0.25) is 11.8 Å². The van der Waals surface area contributed by atoms with Crippen LogP contribution >= 0.6 is 0 Å². The van der Waals surface area contributed by atoms with Gasteiger partial charge in [0.15, 0.2) is 0 Å². The molecule has 190 valence electrons. The molecule has 2 heterocycles. The highest BCUT2D eigenvalue weighted by Crippen LogP contribution is 2.41. The summed E-state index contributed by atoms with van der Waals surface area (Å²) in [4.78, 5) is 36.5. The topological polar surface area (TPSA) is 61.9 Å². The summed E-state index contributed by atoms with van der Waals surface area (Å²) in [7, 11) is 0. The summed E-state index contributed by atoms with van der Waals surface area (Å²) in [6, 6.07) is 29.9. The predicted octanol–water partition coefficient (Wildman–Crippen LogP) is 4.43. The lowest BCUT2D eigenvalue weighted by Crippen LogP contribution is -2.55. The van der Waals surface area contributed by atoms with Gasteiger partial charge >= 0.3 is 0 Å². The van der Waals surface area contributed by atoms with Gasteiger partial charge in [0.1, 0.15) is 0 Å². The molecule has 0 unspecified atom stereocenters. The molecule has 3 aromatic carbocycles. The number of likely N-dealkylation sites (tertiary alicyclic amines) is 1. The van der Waals surface area contributed by atoms with Crippen LogP contribution in [-0.4, -0.2) is 47.8 Å². The minimum atomic E-state index is -0.768. The Bertz CT molecular complexity index is 1190.